The normalized spacial score (nSPS) is 10.6. The van der Waals surface area contributed by atoms with E-state index in [1.165, 1.54) is 0 Å². The highest BCUT2D eigenvalue weighted by molar-refractivity contribution is 9.10. The van der Waals surface area contributed by atoms with Crippen LogP contribution in [0, 0.1) is 6.92 Å². The zero-order valence-electron chi connectivity index (χ0n) is 11.6. The van der Waals surface area contributed by atoms with Crippen molar-refractivity contribution in [2.45, 2.75) is 39.8 Å². The van der Waals surface area contributed by atoms with Crippen molar-refractivity contribution < 1.29 is 9.53 Å². The maximum Gasteiger partial charge on any atom is 0.223 e. The molecule has 0 aliphatic heterocycles. The number of nitrogens with one attached hydrogen (secondary N) is 1. The van der Waals surface area contributed by atoms with Gasteiger partial charge in [0, 0.05) is 22.6 Å². The zero-order chi connectivity index (χ0) is 14.4. The first-order valence-electron chi connectivity index (χ1n) is 6.35. The number of hydrogen-bond donors (Lipinski definition) is 2. The number of amides is 1. The van der Waals surface area contributed by atoms with Crippen LogP contribution in [0.3, 0.4) is 0 Å². The minimum atomic E-state index is -0.000867. The lowest BCUT2D eigenvalue weighted by Crippen LogP contribution is -2.31. The fourth-order valence-electron chi connectivity index (χ4n) is 1.80. The molecule has 0 spiro atoms. The topological polar surface area (TPSA) is 64.3 Å². The molecule has 0 saturated carbocycles. The molecule has 19 heavy (non-hydrogen) atoms. The first-order valence-corrected chi connectivity index (χ1v) is 7.14. The molecular weight excluding hydrogens is 308 g/mol. The minimum absolute atomic E-state index is 0.000867. The quantitative estimate of drug-likeness (QED) is 0.843. The Hall–Kier alpha value is -1.07. The molecule has 3 N–H and O–H groups in total. The molecule has 106 valence electrons. The van der Waals surface area contributed by atoms with Gasteiger partial charge in [0.05, 0.1) is 13.0 Å². The van der Waals surface area contributed by atoms with Crippen LogP contribution < -0.4 is 15.8 Å². The van der Waals surface area contributed by atoms with E-state index in [2.05, 4.69) is 21.2 Å². The molecule has 0 aliphatic rings. The molecule has 4 nitrogen and oxygen atoms in total. The number of aryl methyl sites for hydroxylation is 1. The summed E-state index contributed by atoms with van der Waals surface area (Å²) in [7, 11) is 0. The van der Waals surface area contributed by atoms with Gasteiger partial charge in [0.1, 0.15) is 5.75 Å². The maximum absolute atomic E-state index is 11.5. The van der Waals surface area contributed by atoms with E-state index in [1.807, 2.05) is 32.9 Å². The summed E-state index contributed by atoms with van der Waals surface area (Å²) in [6, 6.07) is 4.07. The van der Waals surface area contributed by atoms with Crippen LogP contribution in [0.15, 0.2) is 16.6 Å². The summed E-state index contributed by atoms with van der Waals surface area (Å²) < 4.78 is 6.69. The molecule has 0 aliphatic carbocycles. The van der Waals surface area contributed by atoms with Gasteiger partial charge in [-0.2, -0.15) is 0 Å². The van der Waals surface area contributed by atoms with Crippen LogP contribution in [-0.2, 0) is 11.3 Å². The maximum atomic E-state index is 11.5. The van der Waals surface area contributed by atoms with Gasteiger partial charge >= 0.3 is 0 Å². The molecular formula is C14H21BrN2O2. The van der Waals surface area contributed by atoms with Gasteiger partial charge in [-0.25, -0.2) is 0 Å². The second-order valence-corrected chi connectivity index (χ2v) is 5.65. The summed E-state index contributed by atoms with van der Waals surface area (Å²) in [6.07, 6.45) is 0.345. The summed E-state index contributed by atoms with van der Waals surface area (Å²) >= 11 is 3.43. The molecule has 0 fully saturated rings. The molecule has 0 heterocycles. The van der Waals surface area contributed by atoms with Crippen molar-refractivity contribution in [3.63, 3.8) is 0 Å². The number of benzene rings is 1. The van der Waals surface area contributed by atoms with Crippen LogP contribution in [0.4, 0.5) is 0 Å². The minimum Gasteiger partial charge on any atom is -0.492 e. The number of nitrogens with two attached hydrogens (primary N) is 1. The fraction of sp³-hybridized carbons (Fsp3) is 0.500. The fourth-order valence-corrected chi connectivity index (χ4v) is 2.42. The third kappa shape index (κ3) is 5.20. The lowest BCUT2D eigenvalue weighted by molar-refractivity contribution is -0.122. The summed E-state index contributed by atoms with van der Waals surface area (Å²) in [4.78, 5) is 11.5. The second kappa shape index (κ2) is 7.50. The van der Waals surface area contributed by atoms with E-state index in [1.54, 1.807) is 0 Å². The van der Waals surface area contributed by atoms with Gasteiger partial charge in [0.2, 0.25) is 5.91 Å². The third-order valence-corrected chi connectivity index (χ3v) is 3.02. The van der Waals surface area contributed by atoms with E-state index >= 15 is 0 Å². The van der Waals surface area contributed by atoms with Crippen molar-refractivity contribution >= 4 is 21.8 Å². The average Bonchev–Trinajstić information content (AvgIpc) is 2.30. The first kappa shape index (κ1) is 16.0. The molecule has 1 aromatic carbocycles. The largest absolute Gasteiger partial charge is 0.492 e. The van der Waals surface area contributed by atoms with Crippen LogP contribution in [-0.4, -0.2) is 18.6 Å². The Labute approximate surface area is 122 Å². The van der Waals surface area contributed by atoms with Gasteiger partial charge in [0.15, 0.2) is 0 Å². The molecule has 0 saturated heterocycles. The summed E-state index contributed by atoms with van der Waals surface area (Å²) in [6.45, 7) is 6.60. The number of carbonyl (C=O) groups excluding carboxylic acids is 1. The Balaban J connectivity index is 2.60. The van der Waals surface area contributed by atoms with Crippen molar-refractivity contribution in [2.24, 2.45) is 5.73 Å². The van der Waals surface area contributed by atoms with Crippen molar-refractivity contribution in [1.82, 2.24) is 5.32 Å². The van der Waals surface area contributed by atoms with Crippen molar-refractivity contribution in [1.29, 1.82) is 0 Å². The molecule has 1 aromatic rings. The van der Waals surface area contributed by atoms with Gasteiger partial charge in [-0.1, -0.05) is 15.9 Å². The summed E-state index contributed by atoms with van der Waals surface area (Å²) in [5, 5.41) is 2.83. The number of hydrogen-bond acceptors (Lipinski definition) is 3. The number of halogens is 1. The highest BCUT2D eigenvalue weighted by Crippen LogP contribution is 2.27. The summed E-state index contributed by atoms with van der Waals surface area (Å²) in [5.74, 6) is 0.780. The standard InChI is InChI=1S/C14H21BrN2O2/c1-9(2)17-13(18)4-5-19-14-10(3)6-12(15)7-11(14)8-16/h6-7,9H,4-5,8,16H2,1-3H3,(H,17,18). The molecule has 1 rings (SSSR count). The Bertz CT molecular complexity index is 447. The van der Waals surface area contributed by atoms with Crippen molar-refractivity contribution in [2.75, 3.05) is 6.61 Å². The van der Waals surface area contributed by atoms with Crippen molar-refractivity contribution in [3.8, 4) is 5.75 Å². The van der Waals surface area contributed by atoms with Crippen LogP contribution >= 0.6 is 15.9 Å². The first-order chi connectivity index (χ1) is 8.93. The van der Waals surface area contributed by atoms with E-state index < -0.39 is 0 Å². The van der Waals surface area contributed by atoms with Crippen LogP contribution in [0.1, 0.15) is 31.4 Å². The van der Waals surface area contributed by atoms with E-state index in [0.717, 1.165) is 21.3 Å². The van der Waals surface area contributed by atoms with E-state index in [4.69, 9.17) is 10.5 Å². The lowest BCUT2D eigenvalue weighted by atomic mass is 10.1. The molecule has 1 amide bonds. The molecule has 0 unspecified atom stereocenters. The summed E-state index contributed by atoms with van der Waals surface area (Å²) in [5.41, 5.74) is 7.66. The Morgan fingerprint density at radius 3 is 2.74 bits per heavy atom. The number of rotatable bonds is 6. The van der Waals surface area contributed by atoms with Gasteiger partial charge in [-0.15, -0.1) is 0 Å². The lowest BCUT2D eigenvalue weighted by Gasteiger charge is -2.14. The number of carbonyl (C=O) groups is 1. The van der Waals surface area contributed by atoms with E-state index in [-0.39, 0.29) is 11.9 Å². The van der Waals surface area contributed by atoms with E-state index in [9.17, 15) is 4.79 Å². The Morgan fingerprint density at radius 2 is 2.16 bits per heavy atom. The molecule has 0 radical (unpaired) electrons. The smallest absolute Gasteiger partial charge is 0.223 e. The van der Waals surface area contributed by atoms with Gasteiger partial charge in [-0.05, 0) is 38.5 Å². The molecule has 0 bridgehead atoms. The van der Waals surface area contributed by atoms with Gasteiger partial charge in [0.25, 0.3) is 0 Å². The highest BCUT2D eigenvalue weighted by Gasteiger charge is 2.09. The molecule has 0 aromatic heterocycles. The second-order valence-electron chi connectivity index (χ2n) is 4.74. The third-order valence-electron chi connectivity index (χ3n) is 2.56. The van der Waals surface area contributed by atoms with Crippen LogP contribution in [0.2, 0.25) is 0 Å². The van der Waals surface area contributed by atoms with E-state index in [0.29, 0.717) is 19.6 Å². The van der Waals surface area contributed by atoms with Gasteiger partial charge < -0.3 is 15.8 Å². The predicted octanol–water partition coefficient (Wildman–Crippen LogP) is 2.51. The highest BCUT2D eigenvalue weighted by atomic mass is 79.9. The van der Waals surface area contributed by atoms with Gasteiger partial charge in [-0.3, -0.25) is 4.79 Å². The zero-order valence-corrected chi connectivity index (χ0v) is 13.2. The predicted molar refractivity (Wildman–Crippen MR) is 80.2 cm³/mol. The van der Waals surface area contributed by atoms with Crippen LogP contribution in [0.25, 0.3) is 0 Å². The van der Waals surface area contributed by atoms with Crippen LogP contribution in [0.5, 0.6) is 5.75 Å². The Morgan fingerprint density at radius 1 is 1.47 bits per heavy atom. The average molecular weight is 329 g/mol. The SMILES string of the molecule is Cc1cc(Br)cc(CN)c1OCCC(=O)NC(C)C. The molecule has 0 atom stereocenters. The molecule has 5 heteroatoms. The van der Waals surface area contributed by atoms with Crippen molar-refractivity contribution in [3.05, 3.63) is 27.7 Å². The Kier molecular flexibility index (Phi) is 6.31. The number of ether oxygens (including phenoxy) is 1. The monoisotopic (exact) mass is 328 g/mol.